The first-order valence-corrected chi connectivity index (χ1v) is 9.33. The molecule has 27 heavy (non-hydrogen) atoms. The lowest BCUT2D eigenvalue weighted by molar-refractivity contribution is -0.121. The summed E-state index contributed by atoms with van der Waals surface area (Å²) in [5.41, 5.74) is 3.38. The first-order chi connectivity index (χ1) is 13.1. The molecule has 3 rings (SSSR count). The topological polar surface area (TPSA) is 68.0 Å². The number of hydrogen-bond donors (Lipinski definition) is 1. The van der Waals surface area contributed by atoms with Crippen LogP contribution in [0.1, 0.15) is 36.8 Å². The van der Waals surface area contributed by atoms with Crippen molar-refractivity contribution in [3.8, 4) is 11.4 Å². The summed E-state index contributed by atoms with van der Waals surface area (Å²) in [6.07, 6.45) is 2.64. The number of hydrogen-bond acceptors (Lipinski definition) is 4. The molecule has 140 valence electrons. The molecule has 0 aliphatic carbocycles. The zero-order valence-electron chi connectivity index (χ0n) is 15.8. The summed E-state index contributed by atoms with van der Waals surface area (Å²) < 4.78 is 5.27. The van der Waals surface area contributed by atoms with E-state index in [1.165, 1.54) is 11.1 Å². The van der Waals surface area contributed by atoms with Gasteiger partial charge in [-0.3, -0.25) is 4.79 Å². The average Bonchev–Trinajstić information content (AvgIpc) is 3.15. The van der Waals surface area contributed by atoms with Crippen molar-refractivity contribution in [2.24, 2.45) is 0 Å². The van der Waals surface area contributed by atoms with Crippen molar-refractivity contribution >= 4 is 5.91 Å². The standard InChI is InChI=1S/C22H25N3O2/c1-16-8-12-19(13-9-16)22-24-21(27-25-22)15-14-20(26)23-17(2)10-11-18-6-4-3-5-7-18/h3-9,12-13,17H,10-11,14-15H2,1-2H3,(H,23,26)/t17-/m1/s1. The SMILES string of the molecule is Cc1ccc(-c2noc(CCC(=O)N[C@H](C)CCc3ccccc3)n2)cc1. The lowest BCUT2D eigenvalue weighted by atomic mass is 10.1. The van der Waals surface area contributed by atoms with Crippen LogP contribution in [0, 0.1) is 6.92 Å². The molecule has 2 aromatic carbocycles. The number of aromatic nitrogens is 2. The summed E-state index contributed by atoms with van der Waals surface area (Å²) in [5.74, 6) is 1.05. The van der Waals surface area contributed by atoms with Crippen molar-refractivity contribution < 1.29 is 9.32 Å². The van der Waals surface area contributed by atoms with Crippen molar-refractivity contribution in [2.75, 3.05) is 0 Å². The molecule has 0 unspecified atom stereocenters. The van der Waals surface area contributed by atoms with E-state index >= 15 is 0 Å². The lowest BCUT2D eigenvalue weighted by Crippen LogP contribution is -2.33. The van der Waals surface area contributed by atoms with Gasteiger partial charge < -0.3 is 9.84 Å². The number of nitrogens with zero attached hydrogens (tertiary/aromatic N) is 2. The van der Waals surface area contributed by atoms with Crippen LogP contribution in [0.25, 0.3) is 11.4 Å². The van der Waals surface area contributed by atoms with Crippen LogP contribution in [0.5, 0.6) is 0 Å². The molecule has 5 heteroatoms. The molecule has 0 aliphatic rings. The Labute approximate surface area is 159 Å². The molecule has 0 saturated carbocycles. The number of amides is 1. The first-order valence-electron chi connectivity index (χ1n) is 9.33. The molecule has 0 aliphatic heterocycles. The molecular formula is C22H25N3O2. The quantitative estimate of drug-likeness (QED) is 0.654. The van der Waals surface area contributed by atoms with Crippen LogP contribution in [0.15, 0.2) is 59.1 Å². The predicted octanol–water partition coefficient (Wildman–Crippen LogP) is 4.12. The minimum Gasteiger partial charge on any atom is -0.354 e. The molecular weight excluding hydrogens is 338 g/mol. The number of rotatable bonds is 8. The zero-order chi connectivity index (χ0) is 19.1. The summed E-state index contributed by atoms with van der Waals surface area (Å²) in [6.45, 7) is 4.06. The molecule has 1 heterocycles. The Morgan fingerprint density at radius 1 is 1.07 bits per heavy atom. The summed E-state index contributed by atoms with van der Waals surface area (Å²) in [6, 6.07) is 18.4. The summed E-state index contributed by atoms with van der Waals surface area (Å²) >= 11 is 0. The minimum absolute atomic E-state index is 0.00523. The fourth-order valence-corrected chi connectivity index (χ4v) is 2.84. The Morgan fingerprint density at radius 3 is 2.56 bits per heavy atom. The van der Waals surface area contributed by atoms with E-state index in [2.05, 4.69) is 27.6 Å². The van der Waals surface area contributed by atoms with Gasteiger partial charge >= 0.3 is 0 Å². The van der Waals surface area contributed by atoms with Crippen LogP contribution < -0.4 is 5.32 Å². The summed E-state index contributed by atoms with van der Waals surface area (Å²) in [5, 5.41) is 7.04. The predicted molar refractivity (Wildman–Crippen MR) is 105 cm³/mol. The molecule has 0 radical (unpaired) electrons. The van der Waals surface area contributed by atoms with E-state index in [-0.39, 0.29) is 11.9 Å². The highest BCUT2D eigenvalue weighted by Gasteiger charge is 2.12. The second-order valence-electron chi connectivity index (χ2n) is 6.87. The highest BCUT2D eigenvalue weighted by atomic mass is 16.5. The fourth-order valence-electron chi connectivity index (χ4n) is 2.84. The van der Waals surface area contributed by atoms with Crippen LogP contribution in [-0.2, 0) is 17.6 Å². The molecule has 0 spiro atoms. The Balaban J connectivity index is 1.43. The monoisotopic (exact) mass is 363 g/mol. The van der Waals surface area contributed by atoms with Crippen LogP contribution in [0.3, 0.4) is 0 Å². The molecule has 5 nitrogen and oxygen atoms in total. The maximum atomic E-state index is 12.2. The smallest absolute Gasteiger partial charge is 0.227 e. The van der Waals surface area contributed by atoms with Gasteiger partial charge in [0.25, 0.3) is 0 Å². The van der Waals surface area contributed by atoms with Crippen molar-refractivity contribution in [2.45, 2.75) is 45.6 Å². The number of benzene rings is 2. The van der Waals surface area contributed by atoms with E-state index in [9.17, 15) is 4.79 Å². The van der Waals surface area contributed by atoms with E-state index in [4.69, 9.17) is 4.52 Å². The van der Waals surface area contributed by atoms with E-state index in [1.807, 2.05) is 56.3 Å². The Bertz CT molecular complexity index is 857. The average molecular weight is 363 g/mol. The largest absolute Gasteiger partial charge is 0.354 e. The van der Waals surface area contributed by atoms with Crippen LogP contribution >= 0.6 is 0 Å². The van der Waals surface area contributed by atoms with Crippen molar-refractivity contribution in [1.29, 1.82) is 0 Å². The van der Waals surface area contributed by atoms with Gasteiger partial charge in [-0.15, -0.1) is 0 Å². The lowest BCUT2D eigenvalue weighted by Gasteiger charge is -2.13. The highest BCUT2D eigenvalue weighted by molar-refractivity contribution is 5.76. The van der Waals surface area contributed by atoms with Gasteiger partial charge in [0.1, 0.15) is 0 Å². The Hall–Kier alpha value is -2.95. The maximum absolute atomic E-state index is 12.2. The highest BCUT2D eigenvalue weighted by Crippen LogP contribution is 2.16. The first kappa shape index (κ1) is 18.8. The van der Waals surface area contributed by atoms with Gasteiger partial charge in [0.15, 0.2) is 0 Å². The van der Waals surface area contributed by atoms with Crippen LogP contribution in [0.2, 0.25) is 0 Å². The summed E-state index contributed by atoms with van der Waals surface area (Å²) in [7, 11) is 0. The van der Waals surface area contributed by atoms with Crippen molar-refractivity contribution in [1.82, 2.24) is 15.5 Å². The van der Waals surface area contributed by atoms with E-state index < -0.39 is 0 Å². The van der Waals surface area contributed by atoms with Crippen LogP contribution in [0.4, 0.5) is 0 Å². The number of carbonyl (C=O) groups excluding carboxylic acids is 1. The third-order valence-electron chi connectivity index (χ3n) is 4.46. The molecule has 0 saturated heterocycles. The van der Waals surface area contributed by atoms with Gasteiger partial charge in [-0.05, 0) is 32.3 Å². The molecule has 3 aromatic rings. The molecule has 0 fully saturated rings. The van der Waals surface area contributed by atoms with Crippen molar-refractivity contribution in [3.63, 3.8) is 0 Å². The fraction of sp³-hybridized carbons (Fsp3) is 0.318. The molecule has 1 aromatic heterocycles. The van der Waals surface area contributed by atoms with Gasteiger partial charge in [-0.25, -0.2) is 0 Å². The normalized spacial score (nSPS) is 11.9. The third kappa shape index (κ3) is 5.78. The number of carbonyl (C=O) groups is 1. The van der Waals surface area contributed by atoms with Gasteiger partial charge in [0.05, 0.1) is 0 Å². The molecule has 1 amide bonds. The number of aryl methyl sites for hydroxylation is 3. The Morgan fingerprint density at radius 2 is 1.81 bits per heavy atom. The van der Waals surface area contributed by atoms with Gasteiger partial charge in [-0.2, -0.15) is 4.98 Å². The van der Waals surface area contributed by atoms with Crippen LogP contribution in [-0.4, -0.2) is 22.1 Å². The second kappa shape index (κ2) is 9.12. The van der Waals surface area contributed by atoms with Crippen molar-refractivity contribution in [3.05, 3.63) is 71.6 Å². The van der Waals surface area contributed by atoms with E-state index in [1.54, 1.807) is 0 Å². The number of nitrogens with one attached hydrogen (secondary N) is 1. The Kier molecular flexibility index (Phi) is 6.36. The van der Waals surface area contributed by atoms with Gasteiger partial charge in [-0.1, -0.05) is 65.3 Å². The minimum atomic E-state index is 0.00523. The second-order valence-corrected chi connectivity index (χ2v) is 6.87. The summed E-state index contributed by atoms with van der Waals surface area (Å²) in [4.78, 5) is 16.5. The van der Waals surface area contributed by atoms with Gasteiger partial charge in [0.2, 0.25) is 17.6 Å². The molecule has 1 N–H and O–H groups in total. The molecule has 1 atom stereocenters. The maximum Gasteiger partial charge on any atom is 0.227 e. The van der Waals surface area contributed by atoms with Gasteiger partial charge in [0, 0.05) is 24.4 Å². The van der Waals surface area contributed by atoms with E-state index in [0.717, 1.165) is 18.4 Å². The zero-order valence-corrected chi connectivity index (χ0v) is 15.8. The third-order valence-corrected chi connectivity index (χ3v) is 4.46. The van der Waals surface area contributed by atoms with E-state index in [0.29, 0.717) is 24.6 Å². The molecule has 0 bridgehead atoms.